The molecule has 1 N–H and O–H groups in total. The minimum absolute atomic E-state index is 0.101. The number of benzene rings is 1. The summed E-state index contributed by atoms with van der Waals surface area (Å²) >= 11 is 12.1. The summed E-state index contributed by atoms with van der Waals surface area (Å²) in [4.78, 5) is 11.4. The van der Waals surface area contributed by atoms with Gasteiger partial charge in [-0.25, -0.2) is 4.79 Å². The van der Waals surface area contributed by atoms with Gasteiger partial charge in [-0.1, -0.05) is 23.2 Å². The molecule has 0 saturated heterocycles. The molecule has 2 aromatic rings. The number of aromatic nitrogens is 2. The fourth-order valence-corrected chi connectivity index (χ4v) is 2.13. The van der Waals surface area contributed by atoms with Crippen molar-refractivity contribution in [1.82, 2.24) is 9.78 Å². The molecule has 1 aromatic heterocycles. The Morgan fingerprint density at radius 3 is 2.50 bits per heavy atom. The molecule has 0 spiro atoms. The van der Waals surface area contributed by atoms with E-state index in [0.29, 0.717) is 21.3 Å². The molecule has 2 rings (SSSR count). The van der Waals surface area contributed by atoms with E-state index in [-0.39, 0.29) is 11.1 Å². The van der Waals surface area contributed by atoms with Gasteiger partial charge in [-0.05, 0) is 39.0 Å². The summed E-state index contributed by atoms with van der Waals surface area (Å²) in [5.41, 5.74) is 0.608. The zero-order chi connectivity index (χ0) is 15.1. The molecule has 20 heavy (non-hydrogen) atoms. The van der Waals surface area contributed by atoms with Crippen LogP contribution in [-0.2, 0) is 5.54 Å². The predicted molar refractivity (Wildman–Crippen MR) is 79.6 cm³/mol. The van der Waals surface area contributed by atoms with Crippen molar-refractivity contribution in [3.8, 4) is 11.3 Å². The van der Waals surface area contributed by atoms with Gasteiger partial charge in [0.25, 0.3) is 0 Å². The average molecular weight is 313 g/mol. The first-order valence-electron chi connectivity index (χ1n) is 5.99. The summed E-state index contributed by atoms with van der Waals surface area (Å²) in [5.74, 6) is -1.05. The first kappa shape index (κ1) is 14.9. The summed E-state index contributed by atoms with van der Waals surface area (Å²) in [5, 5.41) is 14.6. The Morgan fingerprint density at radius 1 is 1.30 bits per heavy atom. The zero-order valence-corrected chi connectivity index (χ0v) is 12.8. The third-order valence-corrected chi connectivity index (χ3v) is 3.38. The van der Waals surface area contributed by atoms with E-state index in [2.05, 4.69) is 5.10 Å². The summed E-state index contributed by atoms with van der Waals surface area (Å²) in [6.07, 6.45) is 1.51. The molecular formula is C14H14Cl2N2O2. The molecule has 0 amide bonds. The van der Waals surface area contributed by atoms with Gasteiger partial charge in [-0.2, -0.15) is 5.10 Å². The number of carboxylic acids is 1. The Bertz CT molecular complexity index is 672. The molecule has 0 aliphatic rings. The number of carboxylic acid groups (broad SMARTS) is 1. The summed E-state index contributed by atoms with van der Waals surface area (Å²) in [7, 11) is 0. The highest BCUT2D eigenvalue weighted by Crippen LogP contribution is 2.32. The van der Waals surface area contributed by atoms with Crippen LogP contribution in [0.15, 0.2) is 24.4 Å². The van der Waals surface area contributed by atoms with Gasteiger partial charge >= 0.3 is 5.97 Å². The fraction of sp³-hybridized carbons (Fsp3) is 0.286. The lowest BCUT2D eigenvalue weighted by atomic mass is 10.1. The third kappa shape index (κ3) is 2.81. The Balaban J connectivity index is 2.69. The van der Waals surface area contributed by atoms with E-state index in [9.17, 15) is 9.90 Å². The van der Waals surface area contributed by atoms with Gasteiger partial charge in [0.05, 0.1) is 10.6 Å². The van der Waals surface area contributed by atoms with Crippen LogP contribution in [0.2, 0.25) is 10.0 Å². The highest BCUT2D eigenvalue weighted by atomic mass is 35.5. The van der Waals surface area contributed by atoms with Crippen LogP contribution in [0.5, 0.6) is 0 Å². The van der Waals surface area contributed by atoms with Crippen molar-refractivity contribution in [2.24, 2.45) is 0 Å². The van der Waals surface area contributed by atoms with Gasteiger partial charge in [0.15, 0.2) is 0 Å². The number of aromatic carboxylic acids is 1. The van der Waals surface area contributed by atoms with Gasteiger partial charge in [-0.15, -0.1) is 0 Å². The van der Waals surface area contributed by atoms with E-state index in [1.807, 2.05) is 20.8 Å². The topological polar surface area (TPSA) is 55.1 Å². The Morgan fingerprint density at radius 2 is 1.95 bits per heavy atom. The smallest absolute Gasteiger partial charge is 0.339 e. The van der Waals surface area contributed by atoms with E-state index in [1.165, 1.54) is 6.20 Å². The summed E-state index contributed by atoms with van der Waals surface area (Å²) in [6.45, 7) is 5.82. The van der Waals surface area contributed by atoms with Gasteiger partial charge in [0.2, 0.25) is 0 Å². The lowest BCUT2D eigenvalue weighted by Gasteiger charge is -2.18. The third-order valence-electron chi connectivity index (χ3n) is 2.82. The van der Waals surface area contributed by atoms with Crippen LogP contribution in [0.4, 0.5) is 0 Å². The van der Waals surface area contributed by atoms with Crippen molar-refractivity contribution in [2.45, 2.75) is 26.3 Å². The molecule has 0 fully saturated rings. The minimum Gasteiger partial charge on any atom is -0.478 e. The number of nitrogens with zero attached hydrogens (tertiary/aromatic N) is 2. The van der Waals surface area contributed by atoms with Crippen LogP contribution in [0.3, 0.4) is 0 Å². The molecule has 6 heteroatoms. The lowest BCUT2D eigenvalue weighted by molar-refractivity contribution is 0.0697. The van der Waals surface area contributed by atoms with Gasteiger partial charge in [-0.3, -0.25) is 4.68 Å². The minimum atomic E-state index is -1.05. The Hall–Kier alpha value is -1.52. The molecule has 0 aliphatic heterocycles. The SMILES string of the molecule is CC(C)(C)n1cc(C(=O)O)c(-c2cc(Cl)ccc2Cl)n1. The molecule has 1 heterocycles. The number of carbonyl (C=O) groups is 1. The van der Waals surface area contributed by atoms with Crippen LogP contribution < -0.4 is 0 Å². The summed E-state index contributed by atoms with van der Waals surface area (Å²) in [6, 6.07) is 4.89. The van der Waals surface area contributed by atoms with E-state index in [1.54, 1.807) is 22.9 Å². The number of halogens is 2. The second-order valence-electron chi connectivity index (χ2n) is 5.44. The number of hydrogen-bond donors (Lipinski definition) is 1. The molecule has 0 aliphatic carbocycles. The first-order valence-corrected chi connectivity index (χ1v) is 6.74. The fourth-order valence-electron chi connectivity index (χ4n) is 1.75. The van der Waals surface area contributed by atoms with Crippen LogP contribution in [0.1, 0.15) is 31.1 Å². The Kier molecular flexibility index (Phi) is 3.80. The van der Waals surface area contributed by atoms with Crippen molar-refractivity contribution in [1.29, 1.82) is 0 Å². The molecule has 0 bridgehead atoms. The second kappa shape index (κ2) is 5.11. The predicted octanol–water partition coefficient (Wildman–Crippen LogP) is 4.31. The maximum atomic E-state index is 11.4. The van der Waals surface area contributed by atoms with Crippen molar-refractivity contribution >= 4 is 29.2 Å². The van der Waals surface area contributed by atoms with E-state index in [0.717, 1.165) is 0 Å². The average Bonchev–Trinajstić information content (AvgIpc) is 2.77. The Labute approximate surface area is 126 Å². The molecule has 4 nitrogen and oxygen atoms in total. The van der Waals surface area contributed by atoms with E-state index in [4.69, 9.17) is 23.2 Å². The lowest BCUT2D eigenvalue weighted by Crippen LogP contribution is -2.22. The van der Waals surface area contributed by atoms with E-state index >= 15 is 0 Å². The van der Waals surface area contributed by atoms with Crippen LogP contribution in [0.25, 0.3) is 11.3 Å². The van der Waals surface area contributed by atoms with Crippen molar-refractivity contribution < 1.29 is 9.90 Å². The number of rotatable bonds is 2. The molecule has 0 saturated carbocycles. The monoisotopic (exact) mass is 312 g/mol. The van der Waals surface area contributed by atoms with Gasteiger partial charge in [0, 0.05) is 16.8 Å². The molecule has 0 unspecified atom stereocenters. The van der Waals surface area contributed by atoms with Gasteiger partial charge in [0.1, 0.15) is 11.3 Å². The quantitative estimate of drug-likeness (QED) is 0.899. The van der Waals surface area contributed by atoms with Crippen LogP contribution in [-0.4, -0.2) is 20.9 Å². The molecule has 0 radical (unpaired) electrons. The van der Waals surface area contributed by atoms with Crippen LogP contribution >= 0.6 is 23.2 Å². The maximum Gasteiger partial charge on any atom is 0.339 e. The molecule has 1 aromatic carbocycles. The van der Waals surface area contributed by atoms with Gasteiger partial charge < -0.3 is 5.11 Å². The highest BCUT2D eigenvalue weighted by molar-refractivity contribution is 6.35. The maximum absolute atomic E-state index is 11.4. The summed E-state index contributed by atoms with van der Waals surface area (Å²) < 4.78 is 1.61. The number of hydrogen-bond acceptors (Lipinski definition) is 2. The normalized spacial score (nSPS) is 11.7. The first-order chi connectivity index (χ1) is 9.20. The largest absolute Gasteiger partial charge is 0.478 e. The molecular weight excluding hydrogens is 299 g/mol. The van der Waals surface area contributed by atoms with Crippen molar-refractivity contribution in [2.75, 3.05) is 0 Å². The molecule has 106 valence electrons. The van der Waals surface area contributed by atoms with Crippen molar-refractivity contribution in [3.63, 3.8) is 0 Å². The van der Waals surface area contributed by atoms with Crippen molar-refractivity contribution in [3.05, 3.63) is 40.0 Å². The zero-order valence-electron chi connectivity index (χ0n) is 11.3. The van der Waals surface area contributed by atoms with E-state index < -0.39 is 5.97 Å². The molecule has 0 atom stereocenters. The van der Waals surface area contributed by atoms with Crippen LogP contribution in [0, 0.1) is 0 Å². The highest BCUT2D eigenvalue weighted by Gasteiger charge is 2.23. The second-order valence-corrected chi connectivity index (χ2v) is 6.28. The standard InChI is InChI=1S/C14H14Cl2N2O2/c1-14(2,3)18-7-10(13(19)20)12(17-18)9-6-8(15)4-5-11(9)16/h4-7H,1-3H3,(H,19,20).